The van der Waals surface area contributed by atoms with Gasteiger partial charge in [-0.15, -0.1) is 0 Å². The number of amides is 2. The summed E-state index contributed by atoms with van der Waals surface area (Å²) in [5.41, 5.74) is 0.613. The van der Waals surface area contributed by atoms with Crippen LogP contribution in [0.25, 0.3) is 0 Å². The molecule has 0 bridgehead atoms. The van der Waals surface area contributed by atoms with Gasteiger partial charge < -0.3 is 10.4 Å². The molecule has 6 heteroatoms. The molecule has 2 atom stereocenters. The first-order valence-electron chi connectivity index (χ1n) is 8.48. The molecule has 0 aliphatic heterocycles. The number of carbonyl (C=O) groups excluding carboxylic acids is 1. The van der Waals surface area contributed by atoms with Gasteiger partial charge in [-0.05, 0) is 27.2 Å². The van der Waals surface area contributed by atoms with Crippen LogP contribution in [0.5, 0.6) is 0 Å². The number of aromatic nitrogens is 2. The molecular formula is C18H30N4O2. The van der Waals surface area contributed by atoms with E-state index in [0.717, 1.165) is 12.1 Å². The van der Waals surface area contributed by atoms with Crippen LogP contribution in [0.1, 0.15) is 53.7 Å². The van der Waals surface area contributed by atoms with E-state index in [-0.39, 0.29) is 35.6 Å². The van der Waals surface area contributed by atoms with E-state index in [2.05, 4.69) is 52.2 Å². The molecule has 2 amide bonds. The number of aliphatic hydroxyl groups is 1. The molecule has 1 aromatic heterocycles. The number of hydrogen-bond donors (Lipinski definition) is 3. The first kappa shape index (κ1) is 18.5. The van der Waals surface area contributed by atoms with E-state index in [9.17, 15) is 4.79 Å². The zero-order chi connectivity index (χ0) is 18.1. The van der Waals surface area contributed by atoms with Gasteiger partial charge in [0.1, 0.15) is 5.82 Å². The van der Waals surface area contributed by atoms with Crippen molar-refractivity contribution in [2.75, 3.05) is 11.9 Å². The SMILES string of the molecule is CC(C)(C)c1cc(NC(=O)N[C@@H]2C=C[C@H](CO)C2)n(C(C)(C)C)n1. The Morgan fingerprint density at radius 3 is 2.46 bits per heavy atom. The van der Waals surface area contributed by atoms with Crippen LogP contribution in [-0.4, -0.2) is 33.6 Å². The number of nitrogens with zero attached hydrogens (tertiary/aromatic N) is 2. The molecule has 0 fully saturated rings. The molecule has 1 aromatic rings. The highest BCUT2D eigenvalue weighted by Gasteiger charge is 2.26. The molecule has 0 saturated heterocycles. The Morgan fingerprint density at radius 2 is 1.96 bits per heavy atom. The highest BCUT2D eigenvalue weighted by Crippen LogP contribution is 2.28. The summed E-state index contributed by atoms with van der Waals surface area (Å²) >= 11 is 0. The van der Waals surface area contributed by atoms with Crippen molar-refractivity contribution in [2.45, 2.75) is 65.0 Å². The smallest absolute Gasteiger partial charge is 0.320 e. The summed E-state index contributed by atoms with van der Waals surface area (Å²) in [6.45, 7) is 12.6. The average molecular weight is 334 g/mol. The van der Waals surface area contributed by atoms with Crippen LogP contribution in [0.2, 0.25) is 0 Å². The fourth-order valence-electron chi connectivity index (χ4n) is 2.69. The number of hydrogen-bond acceptors (Lipinski definition) is 3. The number of urea groups is 1. The molecule has 0 unspecified atom stereocenters. The lowest BCUT2D eigenvalue weighted by molar-refractivity contribution is 0.238. The van der Waals surface area contributed by atoms with E-state index >= 15 is 0 Å². The normalized spacial score (nSPS) is 21.1. The van der Waals surface area contributed by atoms with Crippen LogP contribution in [0, 0.1) is 5.92 Å². The number of rotatable bonds is 3. The zero-order valence-corrected chi connectivity index (χ0v) is 15.6. The van der Waals surface area contributed by atoms with Gasteiger partial charge in [0.25, 0.3) is 0 Å². The van der Waals surface area contributed by atoms with Crippen molar-refractivity contribution in [3.63, 3.8) is 0 Å². The molecule has 0 aromatic carbocycles. The summed E-state index contributed by atoms with van der Waals surface area (Å²) < 4.78 is 1.86. The molecule has 3 N–H and O–H groups in total. The first-order chi connectivity index (χ1) is 11.0. The van der Waals surface area contributed by atoms with Crippen molar-refractivity contribution in [2.24, 2.45) is 5.92 Å². The van der Waals surface area contributed by atoms with Crippen molar-refractivity contribution in [1.82, 2.24) is 15.1 Å². The van der Waals surface area contributed by atoms with Crippen molar-refractivity contribution < 1.29 is 9.90 Å². The monoisotopic (exact) mass is 334 g/mol. The summed E-state index contributed by atoms with van der Waals surface area (Å²) in [6, 6.07) is 1.63. The van der Waals surface area contributed by atoms with E-state index in [1.807, 2.05) is 22.9 Å². The Hall–Kier alpha value is -1.82. The topological polar surface area (TPSA) is 79.2 Å². The minimum atomic E-state index is -0.255. The number of carbonyl (C=O) groups is 1. The molecule has 1 aliphatic rings. The molecule has 24 heavy (non-hydrogen) atoms. The largest absolute Gasteiger partial charge is 0.396 e. The number of aliphatic hydroxyl groups excluding tert-OH is 1. The van der Waals surface area contributed by atoms with Crippen molar-refractivity contribution >= 4 is 11.8 Å². The maximum atomic E-state index is 12.3. The summed E-state index contributed by atoms with van der Waals surface area (Å²) in [5.74, 6) is 0.813. The zero-order valence-electron chi connectivity index (χ0n) is 15.6. The average Bonchev–Trinajstić information content (AvgIpc) is 3.03. The van der Waals surface area contributed by atoms with Gasteiger partial charge in [0.05, 0.1) is 11.2 Å². The Balaban J connectivity index is 2.12. The summed E-state index contributed by atoms with van der Waals surface area (Å²) in [5, 5.41) is 19.7. The van der Waals surface area contributed by atoms with E-state index in [0.29, 0.717) is 5.82 Å². The van der Waals surface area contributed by atoms with Gasteiger partial charge in [-0.1, -0.05) is 32.9 Å². The minimum absolute atomic E-state index is 0.0461. The van der Waals surface area contributed by atoms with Crippen LogP contribution in [0.3, 0.4) is 0 Å². The highest BCUT2D eigenvalue weighted by atomic mass is 16.3. The van der Waals surface area contributed by atoms with Gasteiger partial charge in [-0.2, -0.15) is 5.10 Å². The third kappa shape index (κ3) is 4.38. The molecule has 134 valence electrons. The molecule has 0 spiro atoms. The fraction of sp³-hybridized carbons (Fsp3) is 0.667. The summed E-state index contributed by atoms with van der Waals surface area (Å²) in [7, 11) is 0. The quantitative estimate of drug-likeness (QED) is 0.744. The molecular weight excluding hydrogens is 304 g/mol. The van der Waals surface area contributed by atoms with Gasteiger partial charge in [-0.3, -0.25) is 5.32 Å². The lowest BCUT2D eigenvalue weighted by Gasteiger charge is -2.23. The summed E-state index contributed by atoms with van der Waals surface area (Å²) in [4.78, 5) is 12.3. The number of nitrogens with one attached hydrogen (secondary N) is 2. The lowest BCUT2D eigenvalue weighted by atomic mass is 9.92. The Bertz CT molecular complexity index is 620. The predicted molar refractivity (Wildman–Crippen MR) is 96.2 cm³/mol. The van der Waals surface area contributed by atoms with Crippen molar-refractivity contribution in [3.05, 3.63) is 23.9 Å². The van der Waals surface area contributed by atoms with E-state index in [1.54, 1.807) is 0 Å². The molecule has 2 rings (SSSR count). The van der Waals surface area contributed by atoms with E-state index in [1.165, 1.54) is 0 Å². The molecule has 1 aliphatic carbocycles. The first-order valence-corrected chi connectivity index (χ1v) is 8.48. The third-order valence-electron chi connectivity index (χ3n) is 4.08. The van der Waals surface area contributed by atoms with Crippen LogP contribution >= 0.6 is 0 Å². The van der Waals surface area contributed by atoms with Crippen LogP contribution < -0.4 is 10.6 Å². The fourth-order valence-corrected chi connectivity index (χ4v) is 2.69. The van der Waals surface area contributed by atoms with Crippen LogP contribution in [-0.2, 0) is 11.0 Å². The second-order valence-electron chi connectivity index (χ2n) is 8.52. The minimum Gasteiger partial charge on any atom is -0.396 e. The van der Waals surface area contributed by atoms with Gasteiger partial charge in [0.15, 0.2) is 0 Å². The van der Waals surface area contributed by atoms with Gasteiger partial charge >= 0.3 is 6.03 Å². The van der Waals surface area contributed by atoms with Crippen LogP contribution in [0.4, 0.5) is 10.6 Å². The number of anilines is 1. The van der Waals surface area contributed by atoms with Gasteiger partial charge in [-0.25, -0.2) is 9.48 Å². The van der Waals surface area contributed by atoms with Crippen molar-refractivity contribution in [3.8, 4) is 0 Å². The van der Waals surface area contributed by atoms with Crippen molar-refractivity contribution in [1.29, 1.82) is 0 Å². The highest BCUT2D eigenvalue weighted by molar-refractivity contribution is 5.88. The predicted octanol–water partition coefficient (Wildman–Crippen LogP) is 2.99. The Kier molecular flexibility index (Phi) is 5.08. The molecule has 0 saturated carbocycles. The maximum absolute atomic E-state index is 12.3. The molecule has 6 nitrogen and oxygen atoms in total. The molecule has 0 radical (unpaired) electrons. The maximum Gasteiger partial charge on any atom is 0.320 e. The lowest BCUT2D eigenvalue weighted by Crippen LogP contribution is -2.37. The summed E-state index contributed by atoms with van der Waals surface area (Å²) in [6.07, 6.45) is 4.61. The Morgan fingerprint density at radius 1 is 1.29 bits per heavy atom. The Labute approximate surface area is 144 Å². The van der Waals surface area contributed by atoms with Crippen LogP contribution in [0.15, 0.2) is 18.2 Å². The van der Waals surface area contributed by atoms with Gasteiger partial charge in [0.2, 0.25) is 0 Å². The van der Waals surface area contributed by atoms with Gasteiger partial charge in [0, 0.05) is 30.0 Å². The molecule has 1 heterocycles. The third-order valence-corrected chi connectivity index (χ3v) is 4.08. The second kappa shape index (κ2) is 6.59. The second-order valence-corrected chi connectivity index (χ2v) is 8.52. The standard InChI is InChI=1S/C18H30N4O2/c1-17(2,3)14-10-15(22(21-14)18(4,5)6)20-16(24)19-13-8-7-12(9-13)11-23/h7-8,10,12-13,23H,9,11H2,1-6H3,(H2,19,20,24)/t12-,13+/m0/s1. The van der Waals surface area contributed by atoms with E-state index in [4.69, 9.17) is 10.2 Å². The van der Waals surface area contributed by atoms with E-state index < -0.39 is 0 Å².